The van der Waals surface area contributed by atoms with Crippen LogP contribution in [0.3, 0.4) is 0 Å². The van der Waals surface area contributed by atoms with Crippen LogP contribution in [0.15, 0.2) is 42.5 Å². The number of rotatable bonds is 3. The minimum Gasteiger partial charge on any atom is -0.359 e. The number of fused-ring (bicyclic) bond motifs is 1. The molecule has 0 aromatic heterocycles. The molecule has 0 fully saturated rings. The van der Waals surface area contributed by atoms with E-state index in [0.29, 0.717) is 0 Å². The molecule has 1 aliphatic heterocycles. The standard InChI is InChI=1S/C18H18F2N2O/c1-12-6-7-13-4-2-3-5-17(13)22(12)11-18(23)21-16-9-14(19)8-15(20)10-16/h2-5,8-10,12H,6-7,11H2,1H3,(H,21,23). The average Bonchev–Trinajstić information content (AvgIpc) is 2.49. The van der Waals surface area contributed by atoms with Gasteiger partial charge in [-0.15, -0.1) is 0 Å². The molecule has 1 unspecified atom stereocenters. The zero-order valence-electron chi connectivity index (χ0n) is 12.9. The molecule has 120 valence electrons. The number of hydrogen-bond acceptors (Lipinski definition) is 2. The number of aryl methyl sites for hydroxylation is 1. The molecule has 0 radical (unpaired) electrons. The van der Waals surface area contributed by atoms with E-state index in [9.17, 15) is 13.6 Å². The summed E-state index contributed by atoms with van der Waals surface area (Å²) in [5.41, 5.74) is 2.40. The lowest BCUT2D eigenvalue weighted by atomic mass is 9.96. The lowest BCUT2D eigenvalue weighted by Gasteiger charge is -2.36. The minimum atomic E-state index is -0.711. The van der Waals surface area contributed by atoms with Crippen molar-refractivity contribution in [2.75, 3.05) is 16.8 Å². The van der Waals surface area contributed by atoms with Gasteiger partial charge in [0.1, 0.15) is 11.6 Å². The number of para-hydroxylation sites is 1. The van der Waals surface area contributed by atoms with Gasteiger partial charge < -0.3 is 10.2 Å². The smallest absolute Gasteiger partial charge is 0.243 e. The molecule has 1 amide bonds. The van der Waals surface area contributed by atoms with Gasteiger partial charge in [0.05, 0.1) is 6.54 Å². The van der Waals surface area contributed by atoms with Crippen molar-refractivity contribution >= 4 is 17.3 Å². The molecule has 1 atom stereocenters. The molecule has 1 heterocycles. The lowest BCUT2D eigenvalue weighted by Crippen LogP contribution is -2.42. The van der Waals surface area contributed by atoms with Gasteiger partial charge in [-0.3, -0.25) is 4.79 Å². The summed E-state index contributed by atoms with van der Waals surface area (Å²) >= 11 is 0. The third kappa shape index (κ3) is 3.50. The van der Waals surface area contributed by atoms with E-state index >= 15 is 0 Å². The Hall–Kier alpha value is -2.43. The average molecular weight is 316 g/mol. The summed E-state index contributed by atoms with van der Waals surface area (Å²) in [6, 6.07) is 11.2. The Morgan fingerprint density at radius 2 is 1.91 bits per heavy atom. The number of hydrogen-bond donors (Lipinski definition) is 1. The van der Waals surface area contributed by atoms with E-state index < -0.39 is 11.6 Å². The van der Waals surface area contributed by atoms with Crippen molar-refractivity contribution in [3.05, 3.63) is 59.7 Å². The number of carbonyl (C=O) groups is 1. The molecule has 0 saturated carbocycles. The van der Waals surface area contributed by atoms with Gasteiger partial charge in [-0.25, -0.2) is 8.78 Å². The van der Waals surface area contributed by atoms with Crippen LogP contribution < -0.4 is 10.2 Å². The van der Waals surface area contributed by atoms with Crippen LogP contribution in [0.5, 0.6) is 0 Å². The number of anilines is 2. The first-order valence-electron chi connectivity index (χ1n) is 7.63. The first kappa shape index (κ1) is 15.5. The van der Waals surface area contributed by atoms with Crippen molar-refractivity contribution in [3.63, 3.8) is 0 Å². The van der Waals surface area contributed by atoms with Crippen molar-refractivity contribution in [2.24, 2.45) is 0 Å². The summed E-state index contributed by atoms with van der Waals surface area (Å²) in [6.45, 7) is 2.22. The Labute approximate surface area is 133 Å². The zero-order valence-corrected chi connectivity index (χ0v) is 12.9. The van der Waals surface area contributed by atoms with Gasteiger partial charge in [0.15, 0.2) is 0 Å². The van der Waals surface area contributed by atoms with E-state index in [1.165, 1.54) is 5.56 Å². The van der Waals surface area contributed by atoms with Crippen molar-refractivity contribution < 1.29 is 13.6 Å². The van der Waals surface area contributed by atoms with Crippen LogP contribution in [0.1, 0.15) is 18.9 Å². The molecule has 3 nitrogen and oxygen atoms in total. The maximum absolute atomic E-state index is 13.2. The van der Waals surface area contributed by atoms with E-state index in [0.717, 1.165) is 36.7 Å². The number of benzene rings is 2. The van der Waals surface area contributed by atoms with Crippen LogP contribution in [0.2, 0.25) is 0 Å². The summed E-state index contributed by atoms with van der Waals surface area (Å²) in [7, 11) is 0. The van der Waals surface area contributed by atoms with Crippen LogP contribution >= 0.6 is 0 Å². The predicted octanol–water partition coefficient (Wildman–Crippen LogP) is 3.74. The van der Waals surface area contributed by atoms with Crippen LogP contribution in [0.25, 0.3) is 0 Å². The van der Waals surface area contributed by atoms with Gasteiger partial charge in [-0.05, 0) is 43.5 Å². The van der Waals surface area contributed by atoms with E-state index in [1.54, 1.807) is 0 Å². The molecule has 1 N–H and O–H groups in total. The third-order valence-corrected chi connectivity index (χ3v) is 4.12. The highest BCUT2D eigenvalue weighted by Gasteiger charge is 2.24. The van der Waals surface area contributed by atoms with Crippen molar-refractivity contribution in [1.82, 2.24) is 0 Å². The normalized spacial score (nSPS) is 16.8. The summed E-state index contributed by atoms with van der Waals surface area (Å²) in [6.07, 6.45) is 1.96. The molecule has 2 aromatic carbocycles. The van der Waals surface area contributed by atoms with Crippen LogP contribution in [-0.2, 0) is 11.2 Å². The monoisotopic (exact) mass is 316 g/mol. The number of nitrogens with one attached hydrogen (secondary N) is 1. The Balaban J connectivity index is 1.75. The predicted molar refractivity (Wildman–Crippen MR) is 86.6 cm³/mol. The quantitative estimate of drug-likeness (QED) is 0.935. The molecule has 1 aliphatic rings. The fourth-order valence-electron chi connectivity index (χ4n) is 2.98. The highest BCUT2D eigenvalue weighted by Crippen LogP contribution is 2.30. The Morgan fingerprint density at radius 3 is 2.65 bits per heavy atom. The molecular formula is C18H18F2N2O. The fourth-order valence-corrected chi connectivity index (χ4v) is 2.98. The molecule has 0 bridgehead atoms. The maximum Gasteiger partial charge on any atom is 0.243 e. The summed E-state index contributed by atoms with van der Waals surface area (Å²) in [4.78, 5) is 14.3. The van der Waals surface area contributed by atoms with Crippen LogP contribution in [0, 0.1) is 11.6 Å². The van der Waals surface area contributed by atoms with Gasteiger partial charge in [-0.2, -0.15) is 0 Å². The van der Waals surface area contributed by atoms with Crippen molar-refractivity contribution in [3.8, 4) is 0 Å². The van der Waals surface area contributed by atoms with Crippen LogP contribution in [-0.4, -0.2) is 18.5 Å². The third-order valence-electron chi connectivity index (χ3n) is 4.12. The second-order valence-electron chi connectivity index (χ2n) is 5.85. The summed E-state index contributed by atoms with van der Waals surface area (Å²) in [5.74, 6) is -1.72. The van der Waals surface area contributed by atoms with E-state index in [4.69, 9.17) is 0 Å². The van der Waals surface area contributed by atoms with Crippen molar-refractivity contribution in [2.45, 2.75) is 25.8 Å². The number of amides is 1. The largest absolute Gasteiger partial charge is 0.359 e. The van der Waals surface area contributed by atoms with E-state index in [2.05, 4.69) is 18.3 Å². The second-order valence-corrected chi connectivity index (χ2v) is 5.85. The first-order valence-corrected chi connectivity index (χ1v) is 7.63. The number of halogens is 2. The molecule has 23 heavy (non-hydrogen) atoms. The van der Waals surface area contributed by atoms with E-state index in [1.807, 2.05) is 23.1 Å². The summed E-state index contributed by atoms with van der Waals surface area (Å²) < 4.78 is 26.4. The van der Waals surface area contributed by atoms with Gasteiger partial charge in [0, 0.05) is 23.5 Å². The van der Waals surface area contributed by atoms with Gasteiger partial charge in [0.25, 0.3) is 0 Å². The number of carbonyl (C=O) groups excluding carboxylic acids is 1. The molecule has 0 spiro atoms. The number of nitrogens with zero attached hydrogens (tertiary/aromatic N) is 1. The highest BCUT2D eigenvalue weighted by atomic mass is 19.1. The van der Waals surface area contributed by atoms with E-state index in [-0.39, 0.29) is 24.2 Å². The fraction of sp³-hybridized carbons (Fsp3) is 0.278. The Bertz CT molecular complexity index is 712. The Morgan fingerprint density at radius 1 is 1.22 bits per heavy atom. The molecule has 0 aliphatic carbocycles. The molecule has 0 saturated heterocycles. The van der Waals surface area contributed by atoms with Gasteiger partial charge in [-0.1, -0.05) is 18.2 Å². The maximum atomic E-state index is 13.2. The SMILES string of the molecule is CC1CCc2ccccc2N1CC(=O)Nc1cc(F)cc(F)c1. The highest BCUT2D eigenvalue weighted by molar-refractivity contribution is 5.94. The topological polar surface area (TPSA) is 32.3 Å². The molecule has 5 heteroatoms. The first-order chi connectivity index (χ1) is 11.0. The minimum absolute atomic E-state index is 0.130. The van der Waals surface area contributed by atoms with Gasteiger partial charge >= 0.3 is 0 Å². The molecule has 3 rings (SSSR count). The van der Waals surface area contributed by atoms with Gasteiger partial charge in [0.2, 0.25) is 5.91 Å². The summed E-state index contributed by atoms with van der Waals surface area (Å²) in [5, 5.41) is 2.56. The second kappa shape index (κ2) is 6.36. The molecular weight excluding hydrogens is 298 g/mol. The Kier molecular flexibility index (Phi) is 4.28. The van der Waals surface area contributed by atoms with Crippen LogP contribution in [0.4, 0.5) is 20.2 Å². The zero-order chi connectivity index (χ0) is 16.4. The lowest BCUT2D eigenvalue weighted by molar-refractivity contribution is -0.115. The molecule has 2 aromatic rings. The van der Waals surface area contributed by atoms with Crippen molar-refractivity contribution in [1.29, 1.82) is 0 Å².